The number of allylic oxidation sites excluding steroid dienone is 1. The summed E-state index contributed by atoms with van der Waals surface area (Å²) in [6.45, 7) is 3.12. The number of fused-ring (bicyclic) bond motifs is 7. The first-order valence-electron chi connectivity index (χ1n) is 13.1. The van der Waals surface area contributed by atoms with Crippen molar-refractivity contribution < 1.29 is 33.4 Å². The molecule has 218 valence electrons. The number of rotatable bonds is 4. The molecule has 1 aromatic rings. The van der Waals surface area contributed by atoms with E-state index in [9.17, 15) is 24.0 Å². The number of amides is 4. The number of carbonyl (C=O) groups excluding carboxylic acids is 5. The monoisotopic (exact) mass is 592 g/mol. The smallest absolute Gasteiger partial charge is 0.326 e. The Hall–Kier alpha value is -3.19. The number of hydrogen-bond acceptors (Lipinski definition) is 9. The van der Waals surface area contributed by atoms with Crippen molar-refractivity contribution in [3.05, 3.63) is 42.0 Å². The minimum absolute atomic E-state index is 0.134. The largest absolute Gasteiger partial charge is 0.497 e. The van der Waals surface area contributed by atoms with Gasteiger partial charge < -0.3 is 30.7 Å². The van der Waals surface area contributed by atoms with Gasteiger partial charge in [-0.1, -0.05) is 53.6 Å². The van der Waals surface area contributed by atoms with E-state index in [2.05, 4.69) is 21.3 Å². The van der Waals surface area contributed by atoms with Crippen LogP contribution in [0.3, 0.4) is 0 Å². The van der Waals surface area contributed by atoms with Crippen LogP contribution in [-0.4, -0.2) is 79.0 Å². The lowest BCUT2D eigenvalue weighted by Gasteiger charge is -2.27. The zero-order chi connectivity index (χ0) is 29.1. The molecule has 0 saturated carbocycles. The number of ether oxygens (including phenoxy) is 2. The highest BCUT2D eigenvalue weighted by atomic mass is 33.1. The molecule has 1 saturated heterocycles. The molecule has 4 amide bonds. The Morgan fingerprint density at radius 2 is 1.73 bits per heavy atom. The third-order valence-electron chi connectivity index (χ3n) is 6.24. The van der Waals surface area contributed by atoms with Crippen molar-refractivity contribution in [3.63, 3.8) is 0 Å². The lowest BCUT2D eigenvalue weighted by atomic mass is 10.0. The Balaban J connectivity index is 1.96. The van der Waals surface area contributed by atoms with Gasteiger partial charge in [-0.3, -0.25) is 24.0 Å². The van der Waals surface area contributed by atoms with Crippen molar-refractivity contribution in [2.45, 2.75) is 57.3 Å². The molecule has 2 bridgehead atoms. The molecular formula is C27H36N4O7S2. The average Bonchev–Trinajstić information content (AvgIpc) is 2.92. The van der Waals surface area contributed by atoms with Crippen LogP contribution in [0, 0.1) is 5.92 Å². The van der Waals surface area contributed by atoms with Crippen molar-refractivity contribution in [3.8, 4) is 5.75 Å². The topological polar surface area (TPSA) is 152 Å². The normalized spacial score (nSPS) is 26.4. The second-order valence-corrected chi connectivity index (χ2v) is 12.4. The van der Waals surface area contributed by atoms with Crippen molar-refractivity contribution in [2.75, 3.05) is 25.2 Å². The molecule has 3 rings (SSSR count). The highest BCUT2D eigenvalue weighted by Gasteiger charge is 2.32. The van der Waals surface area contributed by atoms with Gasteiger partial charge in [0, 0.05) is 17.9 Å². The predicted molar refractivity (Wildman–Crippen MR) is 154 cm³/mol. The fraction of sp³-hybridized carbons (Fsp3) is 0.519. The molecule has 40 heavy (non-hydrogen) atoms. The fourth-order valence-electron chi connectivity index (χ4n) is 4.05. The Morgan fingerprint density at radius 3 is 2.42 bits per heavy atom. The quantitative estimate of drug-likeness (QED) is 0.229. The Morgan fingerprint density at radius 1 is 0.975 bits per heavy atom. The van der Waals surface area contributed by atoms with Gasteiger partial charge in [-0.25, -0.2) is 0 Å². The maximum Gasteiger partial charge on any atom is 0.326 e. The fourth-order valence-corrected chi connectivity index (χ4v) is 6.21. The summed E-state index contributed by atoms with van der Waals surface area (Å²) in [6, 6.07) is 4.12. The van der Waals surface area contributed by atoms with Crippen LogP contribution in [0.25, 0.3) is 0 Å². The molecular weight excluding hydrogens is 556 g/mol. The molecule has 1 aromatic carbocycles. The summed E-state index contributed by atoms with van der Waals surface area (Å²) >= 11 is 0. The molecule has 2 unspecified atom stereocenters. The van der Waals surface area contributed by atoms with E-state index in [1.165, 1.54) is 21.6 Å². The van der Waals surface area contributed by atoms with E-state index in [0.29, 0.717) is 17.9 Å². The van der Waals surface area contributed by atoms with Crippen molar-refractivity contribution in [1.29, 1.82) is 0 Å². The van der Waals surface area contributed by atoms with E-state index < -0.39 is 60.4 Å². The summed E-state index contributed by atoms with van der Waals surface area (Å²) in [5.41, 5.74) is 0.752. The van der Waals surface area contributed by atoms with Gasteiger partial charge in [0.15, 0.2) is 0 Å². The van der Waals surface area contributed by atoms with Gasteiger partial charge in [-0.15, -0.1) is 0 Å². The number of methoxy groups -OCH3 is 1. The Bertz CT molecular complexity index is 1100. The highest BCUT2D eigenvalue weighted by molar-refractivity contribution is 8.76. The van der Waals surface area contributed by atoms with E-state index in [0.717, 1.165) is 5.56 Å². The Kier molecular flexibility index (Phi) is 12.2. The molecule has 2 aliphatic rings. The minimum Gasteiger partial charge on any atom is -0.497 e. The number of esters is 1. The summed E-state index contributed by atoms with van der Waals surface area (Å²) in [4.78, 5) is 65.4. The summed E-state index contributed by atoms with van der Waals surface area (Å²) < 4.78 is 10.7. The molecule has 11 nitrogen and oxygen atoms in total. The van der Waals surface area contributed by atoms with Crippen LogP contribution < -0.4 is 26.0 Å². The summed E-state index contributed by atoms with van der Waals surface area (Å²) in [5, 5.41) is 10.8. The first-order chi connectivity index (χ1) is 19.2. The first-order valence-corrected chi connectivity index (χ1v) is 15.6. The lowest BCUT2D eigenvalue weighted by molar-refractivity contribution is -0.148. The van der Waals surface area contributed by atoms with Crippen LogP contribution in [0.1, 0.15) is 32.3 Å². The maximum absolute atomic E-state index is 13.5. The van der Waals surface area contributed by atoms with Crippen LogP contribution in [0.4, 0.5) is 0 Å². The Labute approximate surface area is 241 Å². The summed E-state index contributed by atoms with van der Waals surface area (Å²) in [6.07, 6.45) is 3.18. The standard InChI is InChI=1S/C27H36N4O7S2/c1-16(2)24-27(36)30-21-15-40-39-11-5-4-6-19(13-22(32)31-24)38-23(33)14-28-25(34)20(29-26(21)35)12-17-7-9-18(37-3)10-8-17/h4,6-10,16,19-21,24H,5,11-15H2,1-3H3,(H,28,34)(H,29,35)(H,30,36)(H,31,32)/b6-4+/t19-,20?,21?,24-/m1/s1. The van der Waals surface area contributed by atoms with Crippen molar-refractivity contribution >= 4 is 51.2 Å². The van der Waals surface area contributed by atoms with Crippen LogP contribution in [0.15, 0.2) is 36.4 Å². The number of carbonyl (C=O) groups is 5. The predicted octanol–water partition coefficient (Wildman–Crippen LogP) is 1.12. The summed E-state index contributed by atoms with van der Waals surface area (Å²) in [5.74, 6) is -1.57. The van der Waals surface area contributed by atoms with Gasteiger partial charge >= 0.3 is 5.97 Å². The molecule has 13 heteroatoms. The van der Waals surface area contributed by atoms with Crippen LogP contribution >= 0.6 is 21.6 Å². The van der Waals surface area contributed by atoms with Gasteiger partial charge in [-0.05, 0) is 36.1 Å². The zero-order valence-corrected chi connectivity index (χ0v) is 24.4. The SMILES string of the molecule is COc1ccc(CC2NC(=O)C3CSSCC/C=C/[C@H](CC(=O)N[C@H](C(C)C)C(=O)N3)OC(=O)CNC2=O)cc1. The third kappa shape index (κ3) is 9.77. The van der Waals surface area contributed by atoms with Crippen molar-refractivity contribution in [2.24, 2.45) is 5.92 Å². The second-order valence-electron chi connectivity index (χ2n) is 9.74. The molecule has 0 spiro atoms. The van der Waals surface area contributed by atoms with Gasteiger partial charge in [0.25, 0.3) is 0 Å². The molecule has 1 fully saturated rings. The molecule has 4 N–H and O–H groups in total. The first kappa shape index (κ1) is 31.3. The molecule has 4 atom stereocenters. The molecule has 0 radical (unpaired) electrons. The van der Waals surface area contributed by atoms with E-state index in [-0.39, 0.29) is 24.5 Å². The van der Waals surface area contributed by atoms with Gasteiger partial charge in [0.1, 0.15) is 36.5 Å². The van der Waals surface area contributed by atoms with Gasteiger partial charge in [0.05, 0.1) is 13.5 Å². The van der Waals surface area contributed by atoms with Crippen LogP contribution in [-0.2, 0) is 35.1 Å². The number of benzene rings is 1. The highest BCUT2D eigenvalue weighted by Crippen LogP contribution is 2.24. The second kappa shape index (κ2) is 15.6. The maximum atomic E-state index is 13.5. The van der Waals surface area contributed by atoms with Crippen LogP contribution in [0.2, 0.25) is 0 Å². The number of nitrogens with one attached hydrogen (secondary N) is 4. The van der Waals surface area contributed by atoms with E-state index >= 15 is 0 Å². The van der Waals surface area contributed by atoms with E-state index in [1.54, 1.807) is 51.3 Å². The molecule has 0 aliphatic carbocycles. The van der Waals surface area contributed by atoms with Crippen molar-refractivity contribution in [1.82, 2.24) is 21.3 Å². The molecule has 2 aliphatic heterocycles. The van der Waals surface area contributed by atoms with E-state index in [4.69, 9.17) is 9.47 Å². The lowest BCUT2D eigenvalue weighted by Crippen LogP contribution is -2.59. The third-order valence-corrected chi connectivity index (χ3v) is 8.69. The van der Waals surface area contributed by atoms with Gasteiger partial charge in [0.2, 0.25) is 23.6 Å². The average molecular weight is 593 g/mol. The van der Waals surface area contributed by atoms with E-state index in [1.807, 2.05) is 6.08 Å². The summed E-state index contributed by atoms with van der Waals surface area (Å²) in [7, 11) is 4.50. The molecule has 0 aromatic heterocycles. The molecule has 2 heterocycles. The minimum atomic E-state index is -1.04. The zero-order valence-electron chi connectivity index (χ0n) is 22.8. The van der Waals surface area contributed by atoms with Crippen LogP contribution in [0.5, 0.6) is 5.75 Å². The number of hydrogen-bond donors (Lipinski definition) is 4. The van der Waals surface area contributed by atoms with Gasteiger partial charge in [-0.2, -0.15) is 0 Å².